The minimum absolute atomic E-state index is 0.341. The molecule has 0 radical (unpaired) electrons. The van der Waals surface area contributed by atoms with E-state index in [0.29, 0.717) is 12.0 Å². The van der Waals surface area contributed by atoms with Crippen LogP contribution < -0.4 is 5.73 Å². The molecule has 2 N–H and O–H groups in total. The van der Waals surface area contributed by atoms with Crippen LogP contribution in [0.1, 0.15) is 43.4 Å². The summed E-state index contributed by atoms with van der Waals surface area (Å²) in [5.74, 6) is 0.587. The highest BCUT2D eigenvalue weighted by Crippen LogP contribution is 2.24. The molecule has 0 heterocycles. The fourth-order valence-corrected chi connectivity index (χ4v) is 2.68. The Bertz CT molecular complexity index is 356. The van der Waals surface area contributed by atoms with Crippen LogP contribution >= 0.6 is 0 Å². The summed E-state index contributed by atoms with van der Waals surface area (Å²) in [6, 6.07) is 7.36. The maximum absolute atomic E-state index is 6.08. The highest BCUT2D eigenvalue weighted by atomic mass is 14.6. The number of nitrogens with two attached hydrogens (primary N) is 1. The van der Waals surface area contributed by atoms with Crippen LogP contribution in [0.3, 0.4) is 0 Å². The van der Waals surface area contributed by atoms with Crippen molar-refractivity contribution in [3.63, 3.8) is 0 Å². The molecule has 0 bridgehead atoms. The highest BCUT2D eigenvalue weighted by Gasteiger charge is 2.14. The second-order valence-electron chi connectivity index (χ2n) is 5.21. The first-order chi connectivity index (χ1) is 7.70. The van der Waals surface area contributed by atoms with E-state index in [1.807, 2.05) is 0 Å². The highest BCUT2D eigenvalue weighted by molar-refractivity contribution is 5.35. The first-order valence-electron chi connectivity index (χ1n) is 6.57. The van der Waals surface area contributed by atoms with Gasteiger partial charge in [0.1, 0.15) is 0 Å². The first kappa shape index (κ1) is 11.7. The van der Waals surface area contributed by atoms with Crippen LogP contribution in [0.2, 0.25) is 0 Å². The lowest BCUT2D eigenvalue weighted by atomic mass is 9.92. The summed E-state index contributed by atoms with van der Waals surface area (Å²) in [5, 5.41) is 0. The fourth-order valence-electron chi connectivity index (χ4n) is 2.68. The Kier molecular flexibility index (Phi) is 3.65. The van der Waals surface area contributed by atoms with E-state index in [0.717, 1.165) is 12.8 Å². The predicted octanol–water partition coefficient (Wildman–Crippen LogP) is 3.09. The minimum Gasteiger partial charge on any atom is -0.327 e. The van der Waals surface area contributed by atoms with Gasteiger partial charge in [0.05, 0.1) is 0 Å². The number of benzene rings is 1. The molecule has 1 heteroatoms. The van der Waals surface area contributed by atoms with Crippen LogP contribution in [0, 0.1) is 5.92 Å². The zero-order chi connectivity index (χ0) is 11.5. The zero-order valence-electron chi connectivity index (χ0n) is 10.5. The maximum Gasteiger partial charge on any atom is 0.00650 e. The van der Waals surface area contributed by atoms with Crippen molar-refractivity contribution in [1.29, 1.82) is 0 Å². The van der Waals surface area contributed by atoms with E-state index in [2.05, 4.69) is 32.0 Å². The number of fused-ring (bicyclic) bond motifs is 1. The SMILES string of the molecule is CCC(N)C(C)Cc1ccc2c(c1)CCC2. The van der Waals surface area contributed by atoms with E-state index in [1.54, 1.807) is 11.1 Å². The van der Waals surface area contributed by atoms with Crippen molar-refractivity contribution < 1.29 is 0 Å². The Hall–Kier alpha value is -0.820. The van der Waals surface area contributed by atoms with Gasteiger partial charge in [0.25, 0.3) is 0 Å². The number of hydrogen-bond donors (Lipinski definition) is 1. The van der Waals surface area contributed by atoms with Gasteiger partial charge in [-0.2, -0.15) is 0 Å². The summed E-state index contributed by atoms with van der Waals surface area (Å²) in [5.41, 5.74) is 10.7. The van der Waals surface area contributed by atoms with Gasteiger partial charge >= 0.3 is 0 Å². The first-order valence-corrected chi connectivity index (χ1v) is 6.57. The minimum atomic E-state index is 0.341. The molecule has 1 aliphatic carbocycles. The van der Waals surface area contributed by atoms with Gasteiger partial charge in [-0.05, 0) is 54.7 Å². The number of hydrogen-bond acceptors (Lipinski definition) is 1. The second kappa shape index (κ2) is 5.01. The van der Waals surface area contributed by atoms with E-state index >= 15 is 0 Å². The lowest BCUT2D eigenvalue weighted by Gasteiger charge is -2.18. The molecule has 2 unspecified atom stereocenters. The molecule has 2 rings (SSSR count). The summed E-state index contributed by atoms with van der Waals surface area (Å²) < 4.78 is 0. The molecule has 1 aromatic rings. The van der Waals surface area contributed by atoms with Gasteiger partial charge in [0.2, 0.25) is 0 Å². The molecule has 88 valence electrons. The molecule has 0 amide bonds. The van der Waals surface area contributed by atoms with E-state index in [1.165, 1.54) is 24.8 Å². The molecule has 0 spiro atoms. The summed E-state index contributed by atoms with van der Waals surface area (Å²) in [7, 11) is 0. The number of rotatable bonds is 4. The molecule has 2 atom stereocenters. The van der Waals surface area contributed by atoms with E-state index in [-0.39, 0.29) is 0 Å². The third-order valence-electron chi connectivity index (χ3n) is 3.92. The molecule has 0 aromatic heterocycles. The van der Waals surface area contributed by atoms with Crippen molar-refractivity contribution in [1.82, 2.24) is 0 Å². The van der Waals surface area contributed by atoms with Gasteiger partial charge in [-0.1, -0.05) is 32.0 Å². The third-order valence-corrected chi connectivity index (χ3v) is 3.92. The molecule has 0 saturated heterocycles. The van der Waals surface area contributed by atoms with E-state index in [9.17, 15) is 0 Å². The molecule has 0 saturated carbocycles. The Morgan fingerprint density at radius 3 is 2.75 bits per heavy atom. The molecule has 0 aliphatic heterocycles. The molecular formula is C15H23N. The standard InChI is InChI=1S/C15H23N/c1-3-15(16)11(2)9-12-7-8-13-5-4-6-14(13)10-12/h7-8,10-11,15H,3-6,9,16H2,1-2H3. The Morgan fingerprint density at radius 1 is 1.25 bits per heavy atom. The van der Waals surface area contributed by atoms with Gasteiger partial charge in [0.15, 0.2) is 0 Å². The molecular weight excluding hydrogens is 194 g/mol. The van der Waals surface area contributed by atoms with Gasteiger partial charge in [-0.15, -0.1) is 0 Å². The van der Waals surface area contributed by atoms with Crippen molar-refractivity contribution in [2.75, 3.05) is 0 Å². The average Bonchev–Trinajstić information content (AvgIpc) is 2.75. The van der Waals surface area contributed by atoms with E-state index in [4.69, 9.17) is 5.73 Å². The van der Waals surface area contributed by atoms with Crippen molar-refractivity contribution >= 4 is 0 Å². The van der Waals surface area contributed by atoms with Crippen LogP contribution in [0.4, 0.5) is 0 Å². The molecule has 16 heavy (non-hydrogen) atoms. The van der Waals surface area contributed by atoms with Gasteiger partial charge in [-0.3, -0.25) is 0 Å². The van der Waals surface area contributed by atoms with Crippen molar-refractivity contribution in [2.45, 2.75) is 52.0 Å². The predicted molar refractivity (Wildman–Crippen MR) is 69.6 cm³/mol. The van der Waals surface area contributed by atoms with Gasteiger partial charge < -0.3 is 5.73 Å². The van der Waals surface area contributed by atoms with Crippen LogP contribution in [-0.4, -0.2) is 6.04 Å². The zero-order valence-corrected chi connectivity index (χ0v) is 10.5. The summed E-state index contributed by atoms with van der Waals surface area (Å²) in [4.78, 5) is 0. The Labute approximate surface area is 99.0 Å². The number of aryl methyl sites for hydroxylation is 2. The van der Waals surface area contributed by atoms with Crippen LogP contribution in [-0.2, 0) is 19.3 Å². The molecule has 1 aromatic carbocycles. The monoisotopic (exact) mass is 217 g/mol. The Balaban J connectivity index is 2.05. The summed E-state index contributed by atoms with van der Waals surface area (Å²) in [6.45, 7) is 4.44. The normalized spacial score (nSPS) is 18.2. The van der Waals surface area contributed by atoms with Crippen LogP contribution in [0.25, 0.3) is 0 Å². The van der Waals surface area contributed by atoms with E-state index < -0.39 is 0 Å². The average molecular weight is 217 g/mol. The quantitative estimate of drug-likeness (QED) is 0.824. The third kappa shape index (κ3) is 2.46. The largest absolute Gasteiger partial charge is 0.327 e. The van der Waals surface area contributed by atoms with Crippen molar-refractivity contribution in [3.05, 3.63) is 34.9 Å². The van der Waals surface area contributed by atoms with Crippen molar-refractivity contribution in [2.24, 2.45) is 11.7 Å². The molecule has 1 nitrogen and oxygen atoms in total. The van der Waals surface area contributed by atoms with Gasteiger partial charge in [-0.25, -0.2) is 0 Å². The van der Waals surface area contributed by atoms with Crippen LogP contribution in [0.5, 0.6) is 0 Å². The smallest absolute Gasteiger partial charge is 0.00650 e. The summed E-state index contributed by atoms with van der Waals surface area (Å²) in [6.07, 6.45) is 6.09. The topological polar surface area (TPSA) is 26.0 Å². The van der Waals surface area contributed by atoms with Crippen LogP contribution in [0.15, 0.2) is 18.2 Å². The second-order valence-corrected chi connectivity index (χ2v) is 5.21. The van der Waals surface area contributed by atoms with Crippen molar-refractivity contribution in [3.8, 4) is 0 Å². The molecule has 0 fully saturated rings. The fraction of sp³-hybridized carbons (Fsp3) is 0.600. The lowest BCUT2D eigenvalue weighted by molar-refractivity contribution is 0.442. The summed E-state index contributed by atoms with van der Waals surface area (Å²) >= 11 is 0. The Morgan fingerprint density at radius 2 is 2.00 bits per heavy atom. The van der Waals surface area contributed by atoms with Gasteiger partial charge in [0, 0.05) is 6.04 Å². The lowest BCUT2D eigenvalue weighted by Crippen LogP contribution is -2.28. The molecule has 1 aliphatic rings. The maximum atomic E-state index is 6.08.